The quantitative estimate of drug-likeness (QED) is 0.154. The van der Waals surface area contributed by atoms with Gasteiger partial charge < -0.3 is 4.90 Å². The van der Waals surface area contributed by atoms with E-state index in [0.717, 1.165) is 44.0 Å². The van der Waals surface area contributed by atoms with Crippen LogP contribution in [-0.4, -0.2) is 15.0 Å². The molecule has 60 heavy (non-hydrogen) atoms. The third-order valence-electron chi connectivity index (χ3n) is 11.1. The average Bonchev–Trinajstić information content (AvgIpc) is 3.72. The first-order valence-corrected chi connectivity index (χ1v) is 20.9. The van der Waals surface area contributed by atoms with Crippen LogP contribution in [0.15, 0.2) is 218 Å². The lowest BCUT2D eigenvalue weighted by Crippen LogP contribution is -2.10. The molecular formula is C55H36N4S. The predicted octanol–water partition coefficient (Wildman–Crippen LogP) is 15.2. The second kappa shape index (κ2) is 15.2. The second-order valence-corrected chi connectivity index (χ2v) is 15.9. The molecule has 0 radical (unpaired) electrons. The summed E-state index contributed by atoms with van der Waals surface area (Å²) in [6, 6.07) is 77.1. The van der Waals surface area contributed by atoms with Crippen molar-refractivity contribution in [3.63, 3.8) is 0 Å². The topological polar surface area (TPSA) is 41.9 Å². The Balaban J connectivity index is 1.05. The molecule has 0 bridgehead atoms. The van der Waals surface area contributed by atoms with Gasteiger partial charge in [-0.2, -0.15) is 0 Å². The van der Waals surface area contributed by atoms with Crippen molar-refractivity contribution in [1.29, 1.82) is 0 Å². The van der Waals surface area contributed by atoms with Crippen LogP contribution in [0.1, 0.15) is 0 Å². The highest BCUT2D eigenvalue weighted by Crippen LogP contribution is 2.45. The van der Waals surface area contributed by atoms with Crippen LogP contribution in [0.4, 0.5) is 17.1 Å². The minimum absolute atomic E-state index is 0.653. The van der Waals surface area contributed by atoms with Crippen molar-refractivity contribution >= 4 is 59.3 Å². The number of aromatic nitrogens is 3. The van der Waals surface area contributed by atoms with Crippen molar-refractivity contribution in [3.8, 4) is 56.4 Å². The molecule has 0 aliphatic heterocycles. The molecule has 0 N–H and O–H groups in total. The standard InChI is InChI=1S/C55H36N4S/c1-4-15-37(16-5-1)39-29-32-44(33-30-39)59(46-34-31-38-17-10-11-22-42(38)35-46)45-24-12-23-43(36-45)47-25-14-28-50-51(47)48-26-13-27-49(52(48)60-50)55-57-53(40-18-6-2-7-19-40)56-54(58-55)41-20-8-3-9-21-41/h1-36H. The summed E-state index contributed by atoms with van der Waals surface area (Å²) in [5.41, 5.74) is 10.9. The maximum absolute atomic E-state index is 5.11. The first-order valence-electron chi connectivity index (χ1n) is 20.1. The van der Waals surface area contributed by atoms with Gasteiger partial charge in [0.2, 0.25) is 0 Å². The Morgan fingerprint density at radius 1 is 0.333 bits per heavy atom. The van der Waals surface area contributed by atoms with Gasteiger partial charge in [-0.15, -0.1) is 11.3 Å². The molecule has 2 heterocycles. The lowest BCUT2D eigenvalue weighted by molar-refractivity contribution is 1.08. The Kier molecular flexibility index (Phi) is 8.99. The molecule has 0 aliphatic carbocycles. The van der Waals surface area contributed by atoms with E-state index in [4.69, 9.17) is 15.0 Å². The largest absolute Gasteiger partial charge is 0.310 e. The number of rotatable bonds is 8. The number of benzene rings is 9. The summed E-state index contributed by atoms with van der Waals surface area (Å²) in [5.74, 6) is 1.97. The lowest BCUT2D eigenvalue weighted by Gasteiger charge is -2.26. The van der Waals surface area contributed by atoms with Crippen molar-refractivity contribution < 1.29 is 0 Å². The number of hydrogen-bond acceptors (Lipinski definition) is 5. The van der Waals surface area contributed by atoms with E-state index < -0.39 is 0 Å². The first kappa shape index (κ1) is 35.4. The van der Waals surface area contributed by atoms with Crippen LogP contribution in [0.25, 0.3) is 87.4 Å². The first-order chi connectivity index (χ1) is 29.7. The SMILES string of the molecule is c1ccc(-c2ccc(N(c3cccc(-c4cccc5sc6c(-c7nc(-c8ccccc8)nc(-c8ccccc8)n7)cccc6c45)c3)c3ccc4ccccc4c3)cc2)cc1. The summed E-state index contributed by atoms with van der Waals surface area (Å²) in [5, 5.41) is 4.82. The Morgan fingerprint density at radius 3 is 1.58 bits per heavy atom. The monoisotopic (exact) mass is 784 g/mol. The molecule has 11 aromatic rings. The van der Waals surface area contributed by atoms with Gasteiger partial charge in [-0.25, -0.2) is 15.0 Å². The van der Waals surface area contributed by atoms with Crippen LogP contribution in [0.2, 0.25) is 0 Å². The molecule has 5 heteroatoms. The van der Waals surface area contributed by atoms with Gasteiger partial charge in [0.25, 0.3) is 0 Å². The summed E-state index contributed by atoms with van der Waals surface area (Å²) < 4.78 is 2.36. The van der Waals surface area contributed by atoms with Gasteiger partial charge in [0.05, 0.1) is 0 Å². The Bertz CT molecular complexity index is 3250. The van der Waals surface area contributed by atoms with Gasteiger partial charge in [-0.05, 0) is 81.6 Å². The van der Waals surface area contributed by atoms with E-state index in [1.54, 1.807) is 11.3 Å². The van der Waals surface area contributed by atoms with Gasteiger partial charge in [0.1, 0.15) is 0 Å². The van der Waals surface area contributed by atoms with Gasteiger partial charge in [0.15, 0.2) is 17.5 Å². The van der Waals surface area contributed by atoms with Crippen molar-refractivity contribution in [1.82, 2.24) is 15.0 Å². The zero-order chi connectivity index (χ0) is 39.8. The molecule has 0 unspecified atom stereocenters. The zero-order valence-corrected chi connectivity index (χ0v) is 33.3. The number of hydrogen-bond donors (Lipinski definition) is 0. The molecular weight excluding hydrogens is 749 g/mol. The van der Waals surface area contributed by atoms with Crippen molar-refractivity contribution in [2.75, 3.05) is 4.90 Å². The average molecular weight is 785 g/mol. The van der Waals surface area contributed by atoms with Gasteiger partial charge in [-0.1, -0.05) is 170 Å². The lowest BCUT2D eigenvalue weighted by atomic mass is 9.97. The Hall–Kier alpha value is -7.73. The molecule has 0 spiro atoms. The van der Waals surface area contributed by atoms with Crippen LogP contribution in [0.3, 0.4) is 0 Å². The fourth-order valence-corrected chi connectivity index (χ4v) is 9.44. The van der Waals surface area contributed by atoms with E-state index in [0.29, 0.717) is 17.5 Å². The maximum atomic E-state index is 5.11. The molecule has 2 aromatic heterocycles. The number of fused-ring (bicyclic) bond motifs is 4. The molecule has 282 valence electrons. The van der Waals surface area contributed by atoms with Crippen LogP contribution in [-0.2, 0) is 0 Å². The minimum atomic E-state index is 0.653. The van der Waals surface area contributed by atoms with Crippen molar-refractivity contribution in [3.05, 3.63) is 218 Å². The van der Waals surface area contributed by atoms with Crippen molar-refractivity contribution in [2.24, 2.45) is 0 Å². The number of nitrogens with zero attached hydrogens (tertiary/aromatic N) is 4. The maximum Gasteiger partial charge on any atom is 0.165 e. The predicted molar refractivity (Wildman–Crippen MR) is 252 cm³/mol. The Labute approximate surface area is 352 Å². The third kappa shape index (κ3) is 6.57. The fraction of sp³-hybridized carbons (Fsp3) is 0. The molecule has 0 saturated heterocycles. The van der Waals surface area contributed by atoms with E-state index in [-0.39, 0.29) is 0 Å². The highest BCUT2D eigenvalue weighted by molar-refractivity contribution is 7.26. The van der Waals surface area contributed by atoms with Crippen LogP contribution >= 0.6 is 11.3 Å². The molecule has 0 fully saturated rings. The number of anilines is 3. The van der Waals surface area contributed by atoms with E-state index in [1.165, 1.54) is 42.9 Å². The Morgan fingerprint density at radius 2 is 0.867 bits per heavy atom. The molecule has 0 amide bonds. The smallest absolute Gasteiger partial charge is 0.165 e. The van der Waals surface area contributed by atoms with Gasteiger partial charge in [-0.3, -0.25) is 0 Å². The van der Waals surface area contributed by atoms with Crippen LogP contribution in [0, 0.1) is 0 Å². The van der Waals surface area contributed by atoms with E-state index in [9.17, 15) is 0 Å². The molecule has 0 aliphatic rings. The molecule has 4 nitrogen and oxygen atoms in total. The van der Waals surface area contributed by atoms with E-state index in [1.807, 2.05) is 36.4 Å². The summed E-state index contributed by atoms with van der Waals surface area (Å²) in [6.07, 6.45) is 0. The molecule has 9 aromatic carbocycles. The van der Waals surface area contributed by atoms with Crippen LogP contribution in [0.5, 0.6) is 0 Å². The fourth-order valence-electron chi connectivity index (χ4n) is 8.20. The third-order valence-corrected chi connectivity index (χ3v) is 12.3. The number of thiophene rings is 1. The molecule has 11 rings (SSSR count). The minimum Gasteiger partial charge on any atom is -0.310 e. The van der Waals surface area contributed by atoms with Crippen LogP contribution < -0.4 is 4.90 Å². The highest BCUT2D eigenvalue weighted by Gasteiger charge is 2.20. The summed E-state index contributed by atoms with van der Waals surface area (Å²) in [7, 11) is 0. The van der Waals surface area contributed by atoms with Gasteiger partial charge >= 0.3 is 0 Å². The molecule has 0 saturated carbocycles. The normalized spacial score (nSPS) is 11.3. The highest BCUT2D eigenvalue weighted by atomic mass is 32.1. The second-order valence-electron chi connectivity index (χ2n) is 14.8. The summed E-state index contributed by atoms with van der Waals surface area (Å²) >= 11 is 1.79. The van der Waals surface area contributed by atoms with E-state index >= 15 is 0 Å². The van der Waals surface area contributed by atoms with Crippen molar-refractivity contribution in [2.45, 2.75) is 0 Å². The zero-order valence-electron chi connectivity index (χ0n) is 32.5. The molecule has 0 atom stereocenters. The van der Waals surface area contributed by atoms with E-state index in [2.05, 4.69) is 187 Å². The summed E-state index contributed by atoms with van der Waals surface area (Å²) in [6.45, 7) is 0. The summed E-state index contributed by atoms with van der Waals surface area (Å²) in [4.78, 5) is 17.5. The van der Waals surface area contributed by atoms with Gasteiger partial charge in [0, 0.05) is 53.9 Å².